The highest BCUT2D eigenvalue weighted by molar-refractivity contribution is 6.32. The molecule has 108 valence electrons. The minimum atomic E-state index is -0.599. The van der Waals surface area contributed by atoms with E-state index in [-0.39, 0.29) is 33.9 Å². The van der Waals surface area contributed by atoms with E-state index in [1.807, 2.05) is 0 Å². The molecule has 0 spiro atoms. The van der Waals surface area contributed by atoms with Gasteiger partial charge in [-0.15, -0.1) is 0 Å². The number of nitrogens with zero attached hydrogens (tertiary/aromatic N) is 4. The van der Waals surface area contributed by atoms with Gasteiger partial charge < -0.3 is 15.7 Å². The van der Waals surface area contributed by atoms with Crippen LogP contribution in [0.4, 0.5) is 5.69 Å². The zero-order chi connectivity index (χ0) is 15.4. The van der Waals surface area contributed by atoms with Crippen molar-refractivity contribution in [2.75, 3.05) is 0 Å². The van der Waals surface area contributed by atoms with Crippen LogP contribution in [0, 0.1) is 10.1 Å². The summed E-state index contributed by atoms with van der Waals surface area (Å²) in [4.78, 5) is 17.8. The van der Waals surface area contributed by atoms with Gasteiger partial charge >= 0.3 is 0 Å². The van der Waals surface area contributed by atoms with Gasteiger partial charge in [0.15, 0.2) is 5.84 Å². The topological polar surface area (TPSA) is 137 Å². The molecular formula is C11H8ClN5O4. The first kappa shape index (κ1) is 14.5. The van der Waals surface area contributed by atoms with Crippen LogP contribution in [-0.4, -0.2) is 25.9 Å². The molecule has 0 saturated heterocycles. The highest BCUT2D eigenvalue weighted by Gasteiger charge is 2.13. The molecule has 1 aromatic heterocycles. The second-order valence-corrected chi connectivity index (χ2v) is 4.10. The molecule has 1 heterocycles. The van der Waals surface area contributed by atoms with Crippen LogP contribution < -0.4 is 10.5 Å². The predicted molar refractivity (Wildman–Crippen MR) is 72.7 cm³/mol. The Labute approximate surface area is 122 Å². The molecule has 0 radical (unpaired) electrons. The molecule has 0 fully saturated rings. The number of aromatic nitrogens is 2. The summed E-state index contributed by atoms with van der Waals surface area (Å²) in [6, 6.07) is 3.89. The molecule has 21 heavy (non-hydrogen) atoms. The lowest BCUT2D eigenvalue weighted by molar-refractivity contribution is -0.384. The van der Waals surface area contributed by atoms with Crippen LogP contribution in [0.1, 0.15) is 5.69 Å². The third kappa shape index (κ3) is 3.34. The number of oxime groups is 1. The number of hydrogen-bond donors (Lipinski definition) is 2. The van der Waals surface area contributed by atoms with Crippen LogP contribution in [0.15, 0.2) is 35.7 Å². The fraction of sp³-hybridized carbons (Fsp3) is 0. The second kappa shape index (κ2) is 6.01. The summed E-state index contributed by atoms with van der Waals surface area (Å²) in [6.45, 7) is 0. The van der Waals surface area contributed by atoms with Crippen LogP contribution in [-0.2, 0) is 0 Å². The molecule has 0 amide bonds. The van der Waals surface area contributed by atoms with E-state index in [1.54, 1.807) is 0 Å². The molecule has 0 aliphatic rings. The molecular weight excluding hydrogens is 302 g/mol. The van der Waals surface area contributed by atoms with E-state index in [0.717, 1.165) is 0 Å². The fourth-order valence-electron chi connectivity index (χ4n) is 1.37. The molecule has 0 atom stereocenters. The lowest BCUT2D eigenvalue weighted by atomic mass is 10.3. The van der Waals surface area contributed by atoms with E-state index in [1.165, 1.54) is 30.6 Å². The van der Waals surface area contributed by atoms with Gasteiger partial charge in [0.25, 0.3) is 5.69 Å². The molecule has 3 N–H and O–H groups in total. The standard InChI is InChI=1S/C11H8ClN5O4/c12-7-3-6(1-2-9(7)17(19)20)21-10-5-14-8(4-15-10)11(13)16-18/h1-5,18H,(H2,13,16). The molecule has 0 bridgehead atoms. The summed E-state index contributed by atoms with van der Waals surface area (Å²) >= 11 is 5.76. The number of ether oxygens (including phenoxy) is 1. The van der Waals surface area contributed by atoms with E-state index in [9.17, 15) is 10.1 Å². The minimum Gasteiger partial charge on any atom is -0.437 e. The van der Waals surface area contributed by atoms with Gasteiger partial charge in [0, 0.05) is 12.1 Å². The third-order valence-electron chi connectivity index (χ3n) is 2.34. The summed E-state index contributed by atoms with van der Waals surface area (Å²) in [6.07, 6.45) is 2.50. The summed E-state index contributed by atoms with van der Waals surface area (Å²) in [7, 11) is 0. The van der Waals surface area contributed by atoms with Gasteiger partial charge in [0.1, 0.15) is 16.5 Å². The van der Waals surface area contributed by atoms with E-state index in [0.29, 0.717) is 0 Å². The first-order valence-electron chi connectivity index (χ1n) is 5.43. The van der Waals surface area contributed by atoms with Crippen molar-refractivity contribution in [1.29, 1.82) is 0 Å². The number of amidine groups is 1. The van der Waals surface area contributed by atoms with Crippen molar-refractivity contribution in [3.05, 3.63) is 51.4 Å². The van der Waals surface area contributed by atoms with E-state index >= 15 is 0 Å². The molecule has 0 saturated carbocycles. The first-order valence-corrected chi connectivity index (χ1v) is 5.81. The van der Waals surface area contributed by atoms with Crippen LogP contribution in [0.5, 0.6) is 11.6 Å². The minimum absolute atomic E-state index is 0.0567. The molecule has 0 aliphatic carbocycles. The largest absolute Gasteiger partial charge is 0.437 e. The summed E-state index contributed by atoms with van der Waals surface area (Å²) < 4.78 is 5.34. The van der Waals surface area contributed by atoms with Gasteiger partial charge in [0.2, 0.25) is 5.88 Å². The highest BCUT2D eigenvalue weighted by Crippen LogP contribution is 2.30. The number of benzene rings is 1. The number of hydrogen-bond acceptors (Lipinski definition) is 7. The molecule has 0 aliphatic heterocycles. The summed E-state index contributed by atoms with van der Waals surface area (Å²) in [5.41, 5.74) is 5.29. The van der Waals surface area contributed by atoms with Crippen LogP contribution >= 0.6 is 11.6 Å². The molecule has 9 nitrogen and oxygen atoms in total. The molecule has 2 aromatic rings. The van der Waals surface area contributed by atoms with Crippen molar-refractivity contribution in [2.24, 2.45) is 10.9 Å². The van der Waals surface area contributed by atoms with E-state index in [4.69, 9.17) is 27.3 Å². The Morgan fingerprint density at radius 2 is 2.19 bits per heavy atom. The van der Waals surface area contributed by atoms with Crippen LogP contribution in [0.2, 0.25) is 5.02 Å². The number of nitro benzene ring substituents is 1. The first-order chi connectivity index (χ1) is 10.0. The van der Waals surface area contributed by atoms with E-state index in [2.05, 4.69) is 15.1 Å². The Morgan fingerprint density at radius 3 is 2.71 bits per heavy atom. The Bertz CT molecular complexity index is 704. The van der Waals surface area contributed by atoms with Gasteiger partial charge in [-0.3, -0.25) is 10.1 Å². The number of rotatable bonds is 4. The van der Waals surface area contributed by atoms with Gasteiger partial charge in [-0.2, -0.15) is 0 Å². The zero-order valence-electron chi connectivity index (χ0n) is 10.3. The second-order valence-electron chi connectivity index (χ2n) is 3.70. The van der Waals surface area contributed by atoms with Crippen molar-refractivity contribution in [1.82, 2.24) is 9.97 Å². The third-order valence-corrected chi connectivity index (χ3v) is 2.64. The number of halogens is 1. The lowest BCUT2D eigenvalue weighted by Gasteiger charge is -2.05. The van der Waals surface area contributed by atoms with Gasteiger partial charge in [-0.1, -0.05) is 16.8 Å². The van der Waals surface area contributed by atoms with Gasteiger partial charge in [0.05, 0.1) is 17.3 Å². The quantitative estimate of drug-likeness (QED) is 0.289. The number of nitrogens with two attached hydrogens (primary N) is 1. The average molecular weight is 310 g/mol. The normalized spacial score (nSPS) is 11.2. The zero-order valence-corrected chi connectivity index (χ0v) is 11.1. The monoisotopic (exact) mass is 309 g/mol. The SMILES string of the molecule is NC(=NO)c1cnc(Oc2ccc([N+](=O)[O-])c(Cl)c2)cn1. The van der Waals surface area contributed by atoms with Crippen molar-refractivity contribution < 1.29 is 14.9 Å². The Morgan fingerprint density at radius 1 is 1.43 bits per heavy atom. The van der Waals surface area contributed by atoms with Gasteiger partial charge in [-0.05, 0) is 6.07 Å². The average Bonchev–Trinajstić information content (AvgIpc) is 2.47. The number of nitro groups is 1. The van der Waals surface area contributed by atoms with Crippen LogP contribution in [0.25, 0.3) is 0 Å². The predicted octanol–water partition coefficient (Wildman–Crippen LogP) is 1.92. The van der Waals surface area contributed by atoms with Crippen molar-refractivity contribution in [2.45, 2.75) is 0 Å². The Balaban J connectivity index is 2.19. The molecule has 2 rings (SSSR count). The van der Waals surface area contributed by atoms with Gasteiger partial charge in [-0.25, -0.2) is 9.97 Å². The van der Waals surface area contributed by atoms with Crippen molar-refractivity contribution >= 4 is 23.1 Å². The maximum absolute atomic E-state index is 10.6. The lowest BCUT2D eigenvalue weighted by Crippen LogP contribution is -2.15. The fourth-order valence-corrected chi connectivity index (χ4v) is 1.61. The van der Waals surface area contributed by atoms with Crippen LogP contribution in [0.3, 0.4) is 0 Å². The van der Waals surface area contributed by atoms with E-state index < -0.39 is 4.92 Å². The summed E-state index contributed by atoms with van der Waals surface area (Å²) in [5, 5.41) is 21.8. The maximum atomic E-state index is 10.6. The summed E-state index contributed by atoms with van der Waals surface area (Å²) in [5.74, 6) is 0.193. The Kier molecular flexibility index (Phi) is 4.14. The maximum Gasteiger partial charge on any atom is 0.288 e. The molecule has 0 unspecified atom stereocenters. The Hall–Kier alpha value is -2.94. The smallest absolute Gasteiger partial charge is 0.288 e. The highest BCUT2D eigenvalue weighted by atomic mass is 35.5. The van der Waals surface area contributed by atoms with Crippen molar-refractivity contribution in [3.63, 3.8) is 0 Å². The molecule has 1 aromatic carbocycles. The van der Waals surface area contributed by atoms with Crippen molar-refractivity contribution in [3.8, 4) is 11.6 Å². The molecule has 10 heteroatoms.